The summed E-state index contributed by atoms with van der Waals surface area (Å²) < 4.78 is 10.6. The molecule has 0 aromatic heterocycles. The van der Waals surface area contributed by atoms with Crippen molar-refractivity contribution in [3.8, 4) is 0 Å². The Bertz CT molecular complexity index is 1570. The van der Waals surface area contributed by atoms with Crippen LogP contribution in [0.1, 0.15) is 194 Å². The quantitative estimate of drug-likeness (QED) is 0.0374. The smallest absolute Gasteiger partial charge is 0.306 e. The number of hydrogen-bond acceptors (Lipinski definition) is 5. The van der Waals surface area contributed by atoms with Gasteiger partial charge < -0.3 is 14.6 Å². The molecule has 0 heterocycles. The van der Waals surface area contributed by atoms with E-state index < -0.39 is 6.10 Å². The number of aliphatic hydroxyl groups is 1. The molecule has 378 valence electrons. The van der Waals surface area contributed by atoms with Gasteiger partial charge in [-0.3, -0.25) is 9.59 Å². The van der Waals surface area contributed by atoms with Crippen LogP contribution >= 0.6 is 0 Å². The molecule has 1 atom stereocenters. The number of unbranched alkanes of at least 4 members (excludes halogenated alkanes) is 10. The van der Waals surface area contributed by atoms with Gasteiger partial charge in [0.25, 0.3) is 0 Å². The van der Waals surface area contributed by atoms with E-state index in [0.29, 0.717) is 12.8 Å². The number of allylic oxidation sites excluding steroid dienone is 28. The highest BCUT2D eigenvalue weighted by molar-refractivity contribution is 5.70. The molecule has 0 radical (unpaired) electrons. The van der Waals surface area contributed by atoms with E-state index in [1.54, 1.807) is 0 Å². The minimum absolute atomic E-state index is 0.105. The number of esters is 2. The summed E-state index contributed by atoms with van der Waals surface area (Å²) in [5.74, 6) is -0.683. The van der Waals surface area contributed by atoms with E-state index in [-0.39, 0.29) is 31.6 Å². The highest BCUT2D eigenvalue weighted by Gasteiger charge is 2.16. The van der Waals surface area contributed by atoms with Gasteiger partial charge in [0.1, 0.15) is 6.61 Å². The van der Waals surface area contributed by atoms with Gasteiger partial charge in [-0.05, 0) is 122 Å². The minimum Gasteiger partial charge on any atom is -0.462 e. The Morgan fingerprint density at radius 2 is 0.603 bits per heavy atom. The number of rotatable bonds is 46. The Morgan fingerprint density at radius 3 is 0.926 bits per heavy atom. The summed E-state index contributed by atoms with van der Waals surface area (Å²) in [6.45, 7) is 3.84. The predicted octanol–water partition coefficient (Wildman–Crippen LogP) is 18.2. The summed E-state index contributed by atoms with van der Waals surface area (Å²) in [7, 11) is 0. The van der Waals surface area contributed by atoms with Crippen LogP contribution in [0.2, 0.25) is 0 Å². The van der Waals surface area contributed by atoms with Gasteiger partial charge in [-0.1, -0.05) is 229 Å². The standard InChI is InChI=1S/C63H96O5/c1-3-5-7-9-11-13-15-17-19-21-23-25-27-29-30-31-32-34-36-38-40-42-44-46-48-50-52-54-56-58-63(66)68-61(59-64)60-67-62(65)57-55-53-51-49-47-45-43-41-39-37-35-33-28-26-24-22-20-18-16-14-12-10-8-6-4-2/h5-8,11-14,17-20,23-26,29-30,32-35,38,40,44,46,50,52,61,64H,3-4,9-10,15-16,21-22,27-28,31,36-37,39,41-43,45,47-49,51,53-60H2,1-2H3/b7-5-,8-6-,13-11-,14-12-,19-17-,20-18-,25-23-,26-24-,30-29-,34-32-,35-33-,40-38-,46-44-,52-50-. The third kappa shape index (κ3) is 53.9. The zero-order valence-corrected chi connectivity index (χ0v) is 43.0. The maximum Gasteiger partial charge on any atom is 0.306 e. The van der Waals surface area contributed by atoms with Gasteiger partial charge in [0.05, 0.1) is 6.61 Å². The third-order valence-electron chi connectivity index (χ3n) is 10.5. The first-order valence-corrected chi connectivity index (χ1v) is 26.7. The zero-order chi connectivity index (χ0) is 49.2. The lowest BCUT2D eigenvalue weighted by Gasteiger charge is -2.15. The Labute approximate surface area is 417 Å². The van der Waals surface area contributed by atoms with Crippen LogP contribution in [0.4, 0.5) is 0 Å². The summed E-state index contributed by atoms with van der Waals surface area (Å²) in [5.41, 5.74) is 0. The molecule has 1 unspecified atom stereocenters. The average molecular weight is 933 g/mol. The van der Waals surface area contributed by atoms with Crippen molar-refractivity contribution >= 4 is 11.9 Å². The second-order valence-corrected chi connectivity index (χ2v) is 16.8. The number of carbonyl (C=O) groups excluding carboxylic acids is 2. The molecule has 0 aromatic carbocycles. The van der Waals surface area contributed by atoms with E-state index in [2.05, 4.69) is 184 Å². The van der Waals surface area contributed by atoms with Gasteiger partial charge in [0.2, 0.25) is 0 Å². The number of ether oxygens (including phenoxy) is 2. The summed E-state index contributed by atoms with van der Waals surface area (Å²) in [6.07, 6.45) is 88.8. The van der Waals surface area contributed by atoms with E-state index in [1.807, 2.05) is 0 Å². The van der Waals surface area contributed by atoms with Crippen molar-refractivity contribution in [1.29, 1.82) is 0 Å². The highest BCUT2D eigenvalue weighted by atomic mass is 16.6. The van der Waals surface area contributed by atoms with E-state index in [9.17, 15) is 14.7 Å². The molecule has 5 heteroatoms. The zero-order valence-electron chi connectivity index (χ0n) is 43.0. The number of carbonyl (C=O) groups is 2. The van der Waals surface area contributed by atoms with Crippen molar-refractivity contribution in [2.45, 2.75) is 200 Å². The monoisotopic (exact) mass is 933 g/mol. The number of hydrogen-bond donors (Lipinski definition) is 1. The minimum atomic E-state index is -0.820. The average Bonchev–Trinajstić information content (AvgIpc) is 3.34. The van der Waals surface area contributed by atoms with Crippen LogP contribution in [0.15, 0.2) is 170 Å². The molecule has 0 amide bonds. The SMILES string of the molecule is CC/C=C\C/C=C\C/C=C\C/C=C\C/C=C\C/C=C\C/C=C\C/C=C\C/C=C\CCCC(=O)OC(CO)COC(=O)CCCCCCCCCCC/C=C\C/C=C\C/C=C\C/C=C\C/C=C\CC. The largest absolute Gasteiger partial charge is 0.462 e. The first-order valence-electron chi connectivity index (χ1n) is 26.7. The summed E-state index contributed by atoms with van der Waals surface area (Å²) in [6, 6.07) is 0. The molecular formula is C63H96O5. The highest BCUT2D eigenvalue weighted by Crippen LogP contribution is 2.13. The molecule has 0 saturated carbocycles. The van der Waals surface area contributed by atoms with Crippen LogP contribution in [0, 0.1) is 0 Å². The summed E-state index contributed by atoms with van der Waals surface area (Å²) >= 11 is 0. The van der Waals surface area contributed by atoms with Crippen LogP contribution in [0.3, 0.4) is 0 Å². The van der Waals surface area contributed by atoms with Crippen molar-refractivity contribution in [3.63, 3.8) is 0 Å². The summed E-state index contributed by atoms with van der Waals surface area (Å²) in [5, 5.41) is 9.63. The lowest BCUT2D eigenvalue weighted by atomic mass is 10.1. The molecule has 0 spiro atoms. The molecule has 0 saturated heterocycles. The van der Waals surface area contributed by atoms with Gasteiger partial charge in [0.15, 0.2) is 6.10 Å². The predicted molar refractivity (Wildman–Crippen MR) is 297 cm³/mol. The Hall–Kier alpha value is -4.74. The topological polar surface area (TPSA) is 72.8 Å². The summed E-state index contributed by atoms with van der Waals surface area (Å²) in [4.78, 5) is 24.5. The molecule has 68 heavy (non-hydrogen) atoms. The first kappa shape index (κ1) is 63.3. The van der Waals surface area contributed by atoms with E-state index in [4.69, 9.17) is 9.47 Å². The van der Waals surface area contributed by atoms with Crippen molar-refractivity contribution in [1.82, 2.24) is 0 Å². The van der Waals surface area contributed by atoms with Crippen molar-refractivity contribution in [2.75, 3.05) is 13.2 Å². The molecular weight excluding hydrogens is 837 g/mol. The molecule has 0 aliphatic heterocycles. The molecule has 0 aromatic rings. The normalized spacial score (nSPS) is 13.6. The van der Waals surface area contributed by atoms with Crippen molar-refractivity contribution in [2.24, 2.45) is 0 Å². The fraction of sp³-hybridized carbons (Fsp3) is 0.524. The Kier molecular flexibility index (Phi) is 52.6. The molecule has 1 N–H and O–H groups in total. The van der Waals surface area contributed by atoms with Crippen LogP contribution < -0.4 is 0 Å². The molecule has 0 aliphatic carbocycles. The molecule has 0 fully saturated rings. The van der Waals surface area contributed by atoms with Crippen LogP contribution in [-0.4, -0.2) is 36.4 Å². The van der Waals surface area contributed by atoms with Crippen LogP contribution in [0.5, 0.6) is 0 Å². The maximum atomic E-state index is 12.3. The van der Waals surface area contributed by atoms with Crippen molar-refractivity contribution < 1.29 is 24.2 Å². The van der Waals surface area contributed by atoms with Gasteiger partial charge in [-0.25, -0.2) is 0 Å². The Balaban J connectivity index is 3.71. The molecule has 0 bridgehead atoms. The first-order chi connectivity index (χ1) is 33.6. The van der Waals surface area contributed by atoms with E-state index in [0.717, 1.165) is 122 Å². The lowest BCUT2D eigenvalue weighted by molar-refractivity contribution is -0.161. The third-order valence-corrected chi connectivity index (χ3v) is 10.5. The second kappa shape index (κ2) is 56.6. The molecule has 0 aliphatic rings. The number of aliphatic hydroxyl groups excluding tert-OH is 1. The van der Waals surface area contributed by atoms with Gasteiger partial charge in [0, 0.05) is 12.8 Å². The van der Waals surface area contributed by atoms with Crippen LogP contribution in [-0.2, 0) is 19.1 Å². The molecule has 5 nitrogen and oxygen atoms in total. The fourth-order valence-corrected chi connectivity index (χ4v) is 6.58. The lowest BCUT2D eigenvalue weighted by Crippen LogP contribution is -2.28. The van der Waals surface area contributed by atoms with E-state index >= 15 is 0 Å². The fourth-order valence-electron chi connectivity index (χ4n) is 6.58. The van der Waals surface area contributed by atoms with Crippen LogP contribution in [0.25, 0.3) is 0 Å². The second-order valence-electron chi connectivity index (χ2n) is 16.8. The Morgan fingerprint density at radius 1 is 0.338 bits per heavy atom. The van der Waals surface area contributed by atoms with Gasteiger partial charge in [-0.15, -0.1) is 0 Å². The van der Waals surface area contributed by atoms with E-state index in [1.165, 1.54) is 38.5 Å². The maximum absolute atomic E-state index is 12.3. The molecule has 0 rings (SSSR count). The van der Waals surface area contributed by atoms with Gasteiger partial charge in [-0.2, -0.15) is 0 Å². The van der Waals surface area contributed by atoms with Crippen molar-refractivity contribution in [3.05, 3.63) is 170 Å². The van der Waals surface area contributed by atoms with Gasteiger partial charge >= 0.3 is 11.9 Å².